The lowest BCUT2D eigenvalue weighted by molar-refractivity contribution is 0.336. The molecule has 0 fully saturated rings. The topological polar surface area (TPSA) is 43.4 Å². The maximum atomic E-state index is 11.6. The van der Waals surface area contributed by atoms with Crippen molar-refractivity contribution < 1.29 is 13.2 Å². The molecule has 6 heteroatoms. The van der Waals surface area contributed by atoms with Crippen LogP contribution in [0.5, 0.6) is 5.75 Å². The van der Waals surface area contributed by atoms with Crippen LogP contribution in [0.3, 0.4) is 0 Å². The molecule has 1 aromatic rings. The molecule has 0 aliphatic heterocycles. The molecule has 0 N–H and O–H groups in total. The van der Waals surface area contributed by atoms with Crippen LogP contribution < -0.4 is 4.74 Å². The van der Waals surface area contributed by atoms with E-state index in [4.69, 9.17) is 4.74 Å². The molecule has 3 nitrogen and oxygen atoms in total. The quantitative estimate of drug-likeness (QED) is 0.708. The number of halogens is 2. The fourth-order valence-electron chi connectivity index (χ4n) is 1.49. The molecular formula is C12H16Br2O3S. The van der Waals surface area contributed by atoms with Crippen molar-refractivity contribution in [3.63, 3.8) is 0 Å². The van der Waals surface area contributed by atoms with Crippen LogP contribution in [0.2, 0.25) is 0 Å². The molecule has 0 saturated heterocycles. The predicted octanol–water partition coefficient (Wildman–Crippen LogP) is 3.72. The largest absolute Gasteiger partial charge is 0.494 e. The van der Waals surface area contributed by atoms with Crippen molar-refractivity contribution in [3.8, 4) is 5.75 Å². The summed E-state index contributed by atoms with van der Waals surface area (Å²) in [6, 6.07) is 5.59. The predicted molar refractivity (Wildman–Crippen MR) is 81.3 cm³/mol. The first-order chi connectivity index (χ1) is 8.27. The Labute approximate surface area is 125 Å². The van der Waals surface area contributed by atoms with Gasteiger partial charge in [0.1, 0.15) is 5.75 Å². The van der Waals surface area contributed by atoms with E-state index in [1.54, 1.807) is 6.92 Å². The molecule has 0 aliphatic carbocycles. The molecule has 0 bridgehead atoms. The molecule has 102 valence electrons. The van der Waals surface area contributed by atoms with Crippen molar-refractivity contribution in [2.45, 2.75) is 23.9 Å². The molecule has 2 atom stereocenters. The first-order valence-corrected chi connectivity index (χ1v) is 9.19. The third-order valence-electron chi connectivity index (χ3n) is 2.66. The highest BCUT2D eigenvalue weighted by molar-refractivity contribution is 9.10. The Kier molecular flexibility index (Phi) is 5.67. The van der Waals surface area contributed by atoms with E-state index in [0.29, 0.717) is 12.4 Å². The zero-order valence-electron chi connectivity index (χ0n) is 10.5. The second-order valence-corrected chi connectivity index (χ2v) is 8.36. The van der Waals surface area contributed by atoms with Crippen LogP contribution in [-0.4, -0.2) is 26.5 Å². The van der Waals surface area contributed by atoms with E-state index in [2.05, 4.69) is 31.9 Å². The van der Waals surface area contributed by atoms with Crippen LogP contribution in [0.1, 0.15) is 24.2 Å². The van der Waals surface area contributed by atoms with Crippen LogP contribution >= 0.6 is 31.9 Å². The summed E-state index contributed by atoms with van der Waals surface area (Å²) in [5.41, 5.74) is 0.837. The van der Waals surface area contributed by atoms with Gasteiger partial charge in [-0.05, 0) is 32.0 Å². The normalized spacial score (nSPS) is 15.2. The van der Waals surface area contributed by atoms with Crippen LogP contribution in [0.4, 0.5) is 0 Å². The Morgan fingerprint density at radius 3 is 2.50 bits per heavy atom. The fourth-order valence-corrected chi connectivity index (χ4v) is 3.99. The SMILES string of the molecule is CCOc1ccc(Br)cc1C(Br)C(C)S(C)(=O)=O. The van der Waals surface area contributed by atoms with Gasteiger partial charge in [-0.1, -0.05) is 31.9 Å². The van der Waals surface area contributed by atoms with Gasteiger partial charge in [0.15, 0.2) is 9.84 Å². The highest BCUT2D eigenvalue weighted by atomic mass is 79.9. The van der Waals surface area contributed by atoms with Crippen LogP contribution in [0, 0.1) is 0 Å². The Morgan fingerprint density at radius 1 is 1.39 bits per heavy atom. The summed E-state index contributed by atoms with van der Waals surface area (Å²) in [4.78, 5) is -0.299. The Morgan fingerprint density at radius 2 is 2.00 bits per heavy atom. The fraction of sp³-hybridized carbons (Fsp3) is 0.500. The van der Waals surface area contributed by atoms with Crippen molar-refractivity contribution in [1.29, 1.82) is 0 Å². The van der Waals surface area contributed by atoms with E-state index < -0.39 is 15.1 Å². The van der Waals surface area contributed by atoms with E-state index >= 15 is 0 Å². The average molecular weight is 400 g/mol. The van der Waals surface area contributed by atoms with Gasteiger partial charge in [0.2, 0.25) is 0 Å². The molecule has 0 amide bonds. The van der Waals surface area contributed by atoms with E-state index in [-0.39, 0.29) is 4.83 Å². The second-order valence-electron chi connectivity index (χ2n) is 4.05. The molecule has 0 spiro atoms. The lowest BCUT2D eigenvalue weighted by Crippen LogP contribution is -2.21. The number of sulfone groups is 1. The van der Waals surface area contributed by atoms with Crippen molar-refractivity contribution in [2.75, 3.05) is 12.9 Å². The van der Waals surface area contributed by atoms with E-state index in [1.165, 1.54) is 6.26 Å². The van der Waals surface area contributed by atoms with Crippen molar-refractivity contribution >= 4 is 41.7 Å². The zero-order valence-corrected chi connectivity index (χ0v) is 14.5. The summed E-state index contributed by atoms with van der Waals surface area (Å²) in [5, 5.41) is -0.522. The Hall–Kier alpha value is -0.0700. The third kappa shape index (κ3) is 3.96. The standard InChI is InChI=1S/C12H16Br2O3S/c1-4-17-11-6-5-9(13)7-10(11)12(14)8(2)18(3,15)16/h5-8,12H,4H2,1-3H3. The number of alkyl halides is 1. The van der Waals surface area contributed by atoms with Gasteiger partial charge >= 0.3 is 0 Å². The number of ether oxygens (including phenoxy) is 1. The van der Waals surface area contributed by atoms with Gasteiger partial charge in [-0.25, -0.2) is 8.42 Å². The molecule has 0 aliphatic rings. The third-order valence-corrected chi connectivity index (χ3v) is 6.41. The van der Waals surface area contributed by atoms with Crippen molar-refractivity contribution in [3.05, 3.63) is 28.2 Å². The van der Waals surface area contributed by atoms with E-state index in [9.17, 15) is 8.42 Å². The smallest absolute Gasteiger partial charge is 0.151 e. The minimum absolute atomic E-state index is 0.299. The molecule has 0 heterocycles. The van der Waals surface area contributed by atoms with E-state index in [0.717, 1.165) is 10.0 Å². The monoisotopic (exact) mass is 398 g/mol. The Balaban J connectivity index is 3.18. The van der Waals surface area contributed by atoms with Crippen molar-refractivity contribution in [2.24, 2.45) is 0 Å². The zero-order chi connectivity index (χ0) is 13.9. The van der Waals surface area contributed by atoms with Crippen LogP contribution in [0.15, 0.2) is 22.7 Å². The summed E-state index contributed by atoms with van der Waals surface area (Å²) in [6.45, 7) is 4.13. The number of rotatable bonds is 5. The summed E-state index contributed by atoms with van der Waals surface area (Å²) < 4.78 is 29.7. The molecule has 0 saturated carbocycles. The maximum absolute atomic E-state index is 11.6. The Bertz CT molecular complexity index is 514. The van der Waals surface area contributed by atoms with Gasteiger partial charge in [-0.3, -0.25) is 0 Å². The lowest BCUT2D eigenvalue weighted by Gasteiger charge is -2.20. The van der Waals surface area contributed by atoms with Gasteiger partial charge in [-0.15, -0.1) is 0 Å². The molecule has 18 heavy (non-hydrogen) atoms. The average Bonchev–Trinajstić information content (AvgIpc) is 2.28. The van der Waals surface area contributed by atoms with Gasteiger partial charge in [0, 0.05) is 16.3 Å². The van der Waals surface area contributed by atoms with Gasteiger partial charge in [-0.2, -0.15) is 0 Å². The molecule has 2 unspecified atom stereocenters. The molecule has 1 rings (SSSR count). The number of hydrogen-bond acceptors (Lipinski definition) is 3. The van der Waals surface area contributed by atoms with Gasteiger partial charge in [0.25, 0.3) is 0 Å². The van der Waals surface area contributed by atoms with Gasteiger partial charge in [0.05, 0.1) is 16.7 Å². The summed E-state index contributed by atoms with van der Waals surface area (Å²) in [5.74, 6) is 0.707. The summed E-state index contributed by atoms with van der Waals surface area (Å²) >= 11 is 6.85. The van der Waals surface area contributed by atoms with Crippen LogP contribution in [0.25, 0.3) is 0 Å². The molecule has 1 aromatic carbocycles. The second kappa shape index (κ2) is 6.39. The first kappa shape index (κ1) is 16.0. The van der Waals surface area contributed by atoms with Gasteiger partial charge < -0.3 is 4.74 Å². The minimum Gasteiger partial charge on any atom is -0.494 e. The number of benzene rings is 1. The maximum Gasteiger partial charge on any atom is 0.151 e. The summed E-state index contributed by atoms with van der Waals surface area (Å²) in [7, 11) is -3.11. The number of hydrogen-bond donors (Lipinski definition) is 0. The summed E-state index contributed by atoms with van der Waals surface area (Å²) in [6.07, 6.45) is 1.24. The molecular weight excluding hydrogens is 384 g/mol. The highest BCUT2D eigenvalue weighted by Crippen LogP contribution is 2.37. The molecule has 0 radical (unpaired) electrons. The van der Waals surface area contributed by atoms with Crippen molar-refractivity contribution in [1.82, 2.24) is 0 Å². The highest BCUT2D eigenvalue weighted by Gasteiger charge is 2.27. The van der Waals surface area contributed by atoms with Crippen LogP contribution in [-0.2, 0) is 9.84 Å². The first-order valence-electron chi connectivity index (χ1n) is 5.52. The lowest BCUT2D eigenvalue weighted by atomic mass is 10.1. The molecule has 0 aromatic heterocycles. The minimum atomic E-state index is -3.11. The van der Waals surface area contributed by atoms with E-state index in [1.807, 2.05) is 25.1 Å².